The zero-order chi connectivity index (χ0) is 15.3. The third-order valence-corrected chi connectivity index (χ3v) is 3.72. The first kappa shape index (κ1) is 17.5. The standard InChI is InChI=1S/C19H28O2/c1-2-3-4-5-6-7-8-9-10-17-11-13-18(14-12-17)15-16-19(20)21/h11-16H,2-10H2,1H3,(H,20,21)/b16-15+. The van der Waals surface area contributed by atoms with Gasteiger partial charge in [-0.2, -0.15) is 0 Å². The van der Waals surface area contributed by atoms with Crippen molar-refractivity contribution in [2.24, 2.45) is 0 Å². The Morgan fingerprint density at radius 1 is 0.952 bits per heavy atom. The van der Waals surface area contributed by atoms with Crippen molar-refractivity contribution in [3.8, 4) is 0 Å². The zero-order valence-electron chi connectivity index (χ0n) is 13.2. The molecule has 0 saturated heterocycles. The van der Waals surface area contributed by atoms with Crippen molar-refractivity contribution in [3.05, 3.63) is 41.5 Å². The van der Waals surface area contributed by atoms with E-state index in [0.29, 0.717) is 0 Å². The molecule has 0 unspecified atom stereocenters. The molecule has 116 valence electrons. The third-order valence-electron chi connectivity index (χ3n) is 3.72. The van der Waals surface area contributed by atoms with E-state index in [4.69, 9.17) is 5.11 Å². The highest BCUT2D eigenvalue weighted by Crippen LogP contribution is 2.12. The van der Waals surface area contributed by atoms with Crippen LogP contribution in [0.15, 0.2) is 30.3 Å². The van der Waals surface area contributed by atoms with Crippen LogP contribution in [0.5, 0.6) is 0 Å². The second-order valence-corrected chi connectivity index (χ2v) is 5.64. The summed E-state index contributed by atoms with van der Waals surface area (Å²) in [4.78, 5) is 10.4. The Balaban J connectivity index is 2.14. The molecule has 2 nitrogen and oxygen atoms in total. The lowest BCUT2D eigenvalue weighted by molar-refractivity contribution is -0.131. The van der Waals surface area contributed by atoms with Crippen molar-refractivity contribution in [1.29, 1.82) is 0 Å². The van der Waals surface area contributed by atoms with Crippen LogP contribution in [0.2, 0.25) is 0 Å². The van der Waals surface area contributed by atoms with Gasteiger partial charge >= 0.3 is 5.97 Å². The number of rotatable bonds is 11. The normalized spacial score (nSPS) is 11.1. The Kier molecular flexibility index (Phi) is 9.26. The molecule has 1 rings (SSSR count). The largest absolute Gasteiger partial charge is 0.478 e. The van der Waals surface area contributed by atoms with Crippen LogP contribution in [0.3, 0.4) is 0 Å². The number of carboxylic acids is 1. The molecule has 2 heteroatoms. The molecular weight excluding hydrogens is 260 g/mol. The van der Waals surface area contributed by atoms with E-state index in [0.717, 1.165) is 12.0 Å². The van der Waals surface area contributed by atoms with Gasteiger partial charge in [-0.1, -0.05) is 76.1 Å². The monoisotopic (exact) mass is 288 g/mol. The van der Waals surface area contributed by atoms with Crippen molar-refractivity contribution in [2.75, 3.05) is 0 Å². The first-order chi connectivity index (χ1) is 10.2. The highest BCUT2D eigenvalue weighted by atomic mass is 16.4. The quantitative estimate of drug-likeness (QED) is 0.433. The average molecular weight is 288 g/mol. The third kappa shape index (κ3) is 9.06. The Labute approximate surface area is 128 Å². The Morgan fingerprint density at radius 3 is 2.10 bits per heavy atom. The molecule has 0 radical (unpaired) electrons. The van der Waals surface area contributed by atoms with Crippen LogP contribution < -0.4 is 0 Å². The molecule has 0 bridgehead atoms. The molecule has 0 aliphatic carbocycles. The van der Waals surface area contributed by atoms with E-state index in [-0.39, 0.29) is 0 Å². The van der Waals surface area contributed by atoms with E-state index in [2.05, 4.69) is 19.1 Å². The predicted molar refractivity (Wildman–Crippen MR) is 89.4 cm³/mol. The minimum absolute atomic E-state index is 0.905. The van der Waals surface area contributed by atoms with Crippen molar-refractivity contribution >= 4 is 12.0 Å². The van der Waals surface area contributed by atoms with E-state index in [1.54, 1.807) is 6.08 Å². The highest BCUT2D eigenvalue weighted by Gasteiger charge is 1.95. The summed E-state index contributed by atoms with van der Waals surface area (Å²) in [6.07, 6.45) is 14.7. The number of hydrogen-bond acceptors (Lipinski definition) is 1. The molecule has 0 heterocycles. The zero-order valence-corrected chi connectivity index (χ0v) is 13.2. The number of carboxylic acid groups (broad SMARTS) is 1. The van der Waals surface area contributed by atoms with Gasteiger partial charge < -0.3 is 5.11 Å². The molecule has 0 aliphatic heterocycles. The summed E-state index contributed by atoms with van der Waals surface area (Å²) in [5, 5.41) is 8.58. The number of benzene rings is 1. The first-order valence-corrected chi connectivity index (χ1v) is 8.22. The molecule has 0 aliphatic rings. The van der Waals surface area contributed by atoms with E-state index in [1.165, 1.54) is 63.0 Å². The summed E-state index contributed by atoms with van der Waals surface area (Å²) in [5.41, 5.74) is 2.28. The van der Waals surface area contributed by atoms with Gasteiger partial charge in [-0.05, 0) is 30.0 Å². The Hall–Kier alpha value is -1.57. The van der Waals surface area contributed by atoms with Gasteiger partial charge in [-0.15, -0.1) is 0 Å². The van der Waals surface area contributed by atoms with E-state index in [9.17, 15) is 4.79 Å². The molecule has 0 aromatic heterocycles. The number of unbranched alkanes of at least 4 members (excludes halogenated alkanes) is 7. The lowest BCUT2D eigenvalue weighted by atomic mass is 10.0. The van der Waals surface area contributed by atoms with Gasteiger partial charge in [0.2, 0.25) is 0 Å². The molecular formula is C19H28O2. The van der Waals surface area contributed by atoms with Crippen LogP contribution in [0, 0.1) is 0 Å². The van der Waals surface area contributed by atoms with Crippen LogP contribution >= 0.6 is 0 Å². The maximum absolute atomic E-state index is 10.4. The molecule has 0 atom stereocenters. The number of hydrogen-bond donors (Lipinski definition) is 1. The summed E-state index contributed by atoms with van der Waals surface area (Å²) in [6, 6.07) is 8.17. The fourth-order valence-electron chi connectivity index (χ4n) is 2.43. The van der Waals surface area contributed by atoms with Crippen LogP contribution in [-0.2, 0) is 11.2 Å². The number of carbonyl (C=O) groups is 1. The smallest absolute Gasteiger partial charge is 0.328 e. The minimum atomic E-state index is -0.905. The Bertz CT molecular complexity index is 418. The molecule has 0 spiro atoms. The molecule has 1 aromatic carbocycles. The lowest BCUT2D eigenvalue weighted by Gasteiger charge is -2.03. The fourth-order valence-corrected chi connectivity index (χ4v) is 2.43. The van der Waals surface area contributed by atoms with E-state index >= 15 is 0 Å². The maximum atomic E-state index is 10.4. The van der Waals surface area contributed by atoms with Gasteiger partial charge in [0.1, 0.15) is 0 Å². The maximum Gasteiger partial charge on any atom is 0.328 e. The summed E-state index contributed by atoms with van der Waals surface area (Å²) >= 11 is 0. The van der Waals surface area contributed by atoms with Gasteiger partial charge in [0.15, 0.2) is 0 Å². The SMILES string of the molecule is CCCCCCCCCCc1ccc(/C=C/C(=O)O)cc1. The summed E-state index contributed by atoms with van der Waals surface area (Å²) in [5.74, 6) is -0.905. The van der Waals surface area contributed by atoms with Crippen molar-refractivity contribution in [2.45, 2.75) is 64.7 Å². The first-order valence-electron chi connectivity index (χ1n) is 8.22. The molecule has 0 saturated carbocycles. The number of aryl methyl sites for hydroxylation is 1. The van der Waals surface area contributed by atoms with Gasteiger partial charge in [0.25, 0.3) is 0 Å². The molecule has 0 fully saturated rings. The molecule has 0 amide bonds. The topological polar surface area (TPSA) is 37.3 Å². The molecule has 21 heavy (non-hydrogen) atoms. The fraction of sp³-hybridized carbons (Fsp3) is 0.526. The van der Waals surface area contributed by atoms with Crippen LogP contribution in [0.25, 0.3) is 6.08 Å². The van der Waals surface area contributed by atoms with Crippen molar-refractivity contribution < 1.29 is 9.90 Å². The predicted octanol–water partition coefficient (Wildman–Crippen LogP) is 5.47. The molecule has 1 N–H and O–H groups in total. The van der Waals surface area contributed by atoms with Crippen molar-refractivity contribution in [3.63, 3.8) is 0 Å². The van der Waals surface area contributed by atoms with Crippen LogP contribution in [0.4, 0.5) is 0 Å². The highest BCUT2D eigenvalue weighted by molar-refractivity contribution is 5.85. The van der Waals surface area contributed by atoms with Gasteiger partial charge in [0.05, 0.1) is 0 Å². The van der Waals surface area contributed by atoms with E-state index < -0.39 is 5.97 Å². The van der Waals surface area contributed by atoms with Crippen molar-refractivity contribution in [1.82, 2.24) is 0 Å². The minimum Gasteiger partial charge on any atom is -0.478 e. The second-order valence-electron chi connectivity index (χ2n) is 5.64. The van der Waals surface area contributed by atoms with Gasteiger partial charge in [-0.3, -0.25) is 0 Å². The molecule has 1 aromatic rings. The summed E-state index contributed by atoms with van der Waals surface area (Å²) < 4.78 is 0. The van der Waals surface area contributed by atoms with Crippen LogP contribution in [0.1, 0.15) is 69.4 Å². The summed E-state index contributed by atoms with van der Waals surface area (Å²) in [6.45, 7) is 2.25. The average Bonchev–Trinajstić information content (AvgIpc) is 2.49. The summed E-state index contributed by atoms with van der Waals surface area (Å²) in [7, 11) is 0. The van der Waals surface area contributed by atoms with Gasteiger partial charge in [0, 0.05) is 6.08 Å². The van der Waals surface area contributed by atoms with Gasteiger partial charge in [-0.25, -0.2) is 4.79 Å². The lowest BCUT2D eigenvalue weighted by Crippen LogP contribution is -1.88. The second kappa shape index (κ2) is 11.1. The Morgan fingerprint density at radius 2 is 1.52 bits per heavy atom. The van der Waals surface area contributed by atoms with Crippen LogP contribution in [-0.4, -0.2) is 11.1 Å². The van der Waals surface area contributed by atoms with E-state index in [1.807, 2.05) is 12.1 Å². The number of aliphatic carboxylic acids is 1.